The number of carbonyl (C=O) groups excluding carboxylic acids is 1. The van der Waals surface area contributed by atoms with E-state index in [2.05, 4.69) is 21.3 Å². The van der Waals surface area contributed by atoms with Crippen LogP contribution in [-0.4, -0.2) is 64.3 Å². The Morgan fingerprint density at radius 2 is 2.00 bits per heavy atom. The standard InChI is InChI=1S/C19H23N3O2.CH2O2/c23-18-11-22(12-19(24)21-15-5-6-15)10-14(18)9-13-7-8-20-17-4-2-1-3-16(13)17;2-1-3/h1-4,7-8,14-15,18,23H,5-6,9-12H2,(H,21,24);1H,(H,2,3)/t14-,18+;/m1./s1. The number of para-hydroxylation sites is 1. The molecule has 1 aliphatic carbocycles. The summed E-state index contributed by atoms with van der Waals surface area (Å²) in [6.45, 7) is 1.48. The highest BCUT2D eigenvalue weighted by atomic mass is 16.3. The number of likely N-dealkylation sites (tertiary alicyclic amines) is 1. The average Bonchev–Trinajstić information content (AvgIpc) is 3.39. The largest absolute Gasteiger partial charge is 0.483 e. The first-order valence-electron chi connectivity index (χ1n) is 9.21. The molecule has 1 saturated carbocycles. The third-order valence-corrected chi connectivity index (χ3v) is 5.01. The fourth-order valence-electron chi connectivity index (χ4n) is 3.59. The predicted octanol–water partition coefficient (Wildman–Crippen LogP) is 1.05. The second-order valence-electron chi connectivity index (χ2n) is 7.16. The van der Waals surface area contributed by atoms with E-state index in [1.807, 2.05) is 30.5 Å². The number of benzene rings is 1. The lowest BCUT2D eigenvalue weighted by atomic mass is 9.94. The van der Waals surface area contributed by atoms with E-state index in [9.17, 15) is 9.90 Å². The molecule has 0 unspecified atom stereocenters. The molecule has 0 bridgehead atoms. The summed E-state index contributed by atoms with van der Waals surface area (Å²) in [7, 11) is 0. The number of carbonyl (C=O) groups is 2. The normalized spacial score (nSPS) is 22.1. The number of β-amino-alcohol motifs (C(OH)–C–C–N with tert-alkyl or cyclic N) is 1. The lowest BCUT2D eigenvalue weighted by Gasteiger charge is -2.16. The first-order valence-corrected chi connectivity index (χ1v) is 9.21. The van der Waals surface area contributed by atoms with Crippen LogP contribution < -0.4 is 5.32 Å². The van der Waals surface area contributed by atoms with E-state index >= 15 is 0 Å². The van der Waals surface area contributed by atoms with Gasteiger partial charge in [0.05, 0.1) is 18.2 Å². The van der Waals surface area contributed by atoms with Crippen molar-refractivity contribution in [3.63, 3.8) is 0 Å². The van der Waals surface area contributed by atoms with Crippen molar-refractivity contribution in [2.75, 3.05) is 19.6 Å². The van der Waals surface area contributed by atoms with Gasteiger partial charge in [-0.25, -0.2) is 0 Å². The first kappa shape index (κ1) is 19.3. The highest BCUT2D eigenvalue weighted by molar-refractivity contribution is 5.82. The lowest BCUT2D eigenvalue weighted by Crippen LogP contribution is -2.37. The van der Waals surface area contributed by atoms with Gasteiger partial charge in [0.2, 0.25) is 5.91 Å². The molecule has 2 heterocycles. The summed E-state index contributed by atoms with van der Waals surface area (Å²) >= 11 is 0. The number of amides is 1. The Labute approximate surface area is 158 Å². The Morgan fingerprint density at radius 1 is 1.26 bits per heavy atom. The molecule has 0 radical (unpaired) electrons. The van der Waals surface area contributed by atoms with Crippen molar-refractivity contribution in [2.45, 2.75) is 31.4 Å². The second kappa shape index (κ2) is 8.92. The summed E-state index contributed by atoms with van der Waals surface area (Å²) in [5, 5.41) is 21.5. The zero-order valence-electron chi connectivity index (χ0n) is 15.1. The number of nitrogens with zero attached hydrogens (tertiary/aromatic N) is 2. The maximum atomic E-state index is 12.0. The lowest BCUT2D eigenvalue weighted by molar-refractivity contribution is -0.123. The average molecular weight is 371 g/mol. The topological polar surface area (TPSA) is 103 Å². The molecule has 7 nitrogen and oxygen atoms in total. The van der Waals surface area contributed by atoms with Gasteiger partial charge < -0.3 is 15.5 Å². The molecule has 3 N–H and O–H groups in total. The first-order chi connectivity index (χ1) is 13.1. The van der Waals surface area contributed by atoms with Crippen LogP contribution in [0.2, 0.25) is 0 Å². The molecule has 2 aliphatic rings. The van der Waals surface area contributed by atoms with Crippen LogP contribution in [0.1, 0.15) is 18.4 Å². The number of aromatic nitrogens is 1. The summed E-state index contributed by atoms with van der Waals surface area (Å²) in [6.07, 6.45) is 4.47. The number of rotatable bonds is 5. The summed E-state index contributed by atoms with van der Waals surface area (Å²) in [4.78, 5) is 26.8. The Morgan fingerprint density at radius 3 is 2.74 bits per heavy atom. The third kappa shape index (κ3) is 5.24. The van der Waals surface area contributed by atoms with E-state index < -0.39 is 0 Å². The summed E-state index contributed by atoms with van der Waals surface area (Å²) in [5.41, 5.74) is 2.21. The molecular weight excluding hydrogens is 346 g/mol. The smallest absolute Gasteiger partial charge is 0.290 e. The van der Waals surface area contributed by atoms with Crippen molar-refractivity contribution < 1.29 is 19.8 Å². The van der Waals surface area contributed by atoms with Gasteiger partial charge in [0, 0.05) is 36.6 Å². The van der Waals surface area contributed by atoms with E-state index in [0.29, 0.717) is 19.1 Å². The van der Waals surface area contributed by atoms with E-state index in [4.69, 9.17) is 9.90 Å². The summed E-state index contributed by atoms with van der Waals surface area (Å²) < 4.78 is 0. The maximum Gasteiger partial charge on any atom is 0.290 e. The van der Waals surface area contributed by atoms with Crippen LogP contribution in [0.25, 0.3) is 10.9 Å². The molecule has 144 valence electrons. The maximum absolute atomic E-state index is 12.0. The number of fused-ring (bicyclic) bond motifs is 1. The van der Waals surface area contributed by atoms with Crippen LogP contribution in [0.15, 0.2) is 36.5 Å². The van der Waals surface area contributed by atoms with Crippen molar-refractivity contribution in [2.24, 2.45) is 5.92 Å². The van der Waals surface area contributed by atoms with Gasteiger partial charge in [0.15, 0.2) is 0 Å². The fourth-order valence-corrected chi connectivity index (χ4v) is 3.59. The van der Waals surface area contributed by atoms with Gasteiger partial charge in [-0.05, 0) is 37.0 Å². The Balaban J connectivity index is 0.000000659. The molecule has 1 aromatic heterocycles. The fraction of sp³-hybridized carbons (Fsp3) is 0.450. The van der Waals surface area contributed by atoms with Crippen molar-refractivity contribution in [3.8, 4) is 0 Å². The molecule has 2 atom stereocenters. The number of hydrogen-bond donors (Lipinski definition) is 3. The van der Waals surface area contributed by atoms with Crippen molar-refractivity contribution in [3.05, 3.63) is 42.1 Å². The highest BCUT2D eigenvalue weighted by Gasteiger charge is 2.33. The molecule has 1 saturated heterocycles. The van der Waals surface area contributed by atoms with E-state index in [0.717, 1.165) is 36.7 Å². The Kier molecular flexibility index (Phi) is 6.36. The van der Waals surface area contributed by atoms with Gasteiger partial charge in [0.25, 0.3) is 6.47 Å². The molecule has 2 aromatic rings. The zero-order chi connectivity index (χ0) is 19.2. The Bertz CT molecular complexity index is 788. The van der Waals surface area contributed by atoms with E-state index in [-0.39, 0.29) is 24.4 Å². The van der Waals surface area contributed by atoms with Crippen LogP contribution in [0.3, 0.4) is 0 Å². The molecule has 1 amide bonds. The van der Waals surface area contributed by atoms with Gasteiger partial charge in [0.1, 0.15) is 0 Å². The number of nitrogens with one attached hydrogen (secondary N) is 1. The van der Waals surface area contributed by atoms with Gasteiger partial charge >= 0.3 is 0 Å². The van der Waals surface area contributed by atoms with Gasteiger partial charge in [-0.15, -0.1) is 0 Å². The molecular formula is C20H25N3O4. The number of carboxylic acid groups (broad SMARTS) is 1. The van der Waals surface area contributed by atoms with Gasteiger partial charge in [-0.1, -0.05) is 18.2 Å². The second-order valence-corrected chi connectivity index (χ2v) is 7.16. The number of pyridine rings is 1. The third-order valence-electron chi connectivity index (χ3n) is 5.01. The van der Waals surface area contributed by atoms with Crippen LogP contribution in [0.5, 0.6) is 0 Å². The number of aliphatic hydroxyl groups is 1. The monoisotopic (exact) mass is 371 g/mol. The quantitative estimate of drug-likeness (QED) is 0.679. The molecule has 4 rings (SSSR count). The highest BCUT2D eigenvalue weighted by Crippen LogP contribution is 2.25. The number of hydrogen-bond acceptors (Lipinski definition) is 5. The van der Waals surface area contributed by atoms with Gasteiger partial charge in [-0.3, -0.25) is 19.5 Å². The van der Waals surface area contributed by atoms with Crippen LogP contribution in [0, 0.1) is 5.92 Å². The summed E-state index contributed by atoms with van der Waals surface area (Å²) in [6, 6.07) is 10.5. The van der Waals surface area contributed by atoms with Crippen LogP contribution in [0.4, 0.5) is 0 Å². The van der Waals surface area contributed by atoms with Gasteiger partial charge in [-0.2, -0.15) is 0 Å². The minimum Gasteiger partial charge on any atom is -0.483 e. The SMILES string of the molecule is O=C(CN1C[C@@H](Cc2ccnc3ccccc23)[C@@H](O)C1)NC1CC1.O=CO. The van der Waals surface area contributed by atoms with Crippen LogP contribution in [-0.2, 0) is 16.0 Å². The van der Waals surface area contributed by atoms with Crippen molar-refractivity contribution in [1.29, 1.82) is 0 Å². The minimum atomic E-state index is -0.384. The summed E-state index contributed by atoms with van der Waals surface area (Å²) in [5.74, 6) is 0.240. The Hall–Kier alpha value is -2.51. The molecule has 2 fully saturated rings. The molecule has 1 aromatic carbocycles. The molecule has 1 aliphatic heterocycles. The van der Waals surface area contributed by atoms with E-state index in [1.54, 1.807) is 0 Å². The van der Waals surface area contributed by atoms with Crippen molar-refractivity contribution >= 4 is 23.3 Å². The zero-order valence-corrected chi connectivity index (χ0v) is 15.1. The van der Waals surface area contributed by atoms with E-state index in [1.165, 1.54) is 5.56 Å². The molecule has 0 spiro atoms. The molecule has 7 heteroatoms. The number of aliphatic hydroxyl groups excluding tert-OH is 1. The van der Waals surface area contributed by atoms with Crippen LogP contribution >= 0.6 is 0 Å². The minimum absolute atomic E-state index is 0.0831. The predicted molar refractivity (Wildman–Crippen MR) is 101 cm³/mol. The molecule has 27 heavy (non-hydrogen) atoms. The van der Waals surface area contributed by atoms with Crippen molar-refractivity contribution in [1.82, 2.24) is 15.2 Å².